The lowest BCUT2D eigenvalue weighted by Gasteiger charge is -2.06. The van der Waals surface area contributed by atoms with Gasteiger partial charge in [-0.05, 0) is 12.1 Å². The molecule has 0 saturated carbocycles. The first-order valence-corrected chi connectivity index (χ1v) is 4.97. The molecule has 5 nitrogen and oxygen atoms in total. The molecule has 0 aliphatic rings. The van der Waals surface area contributed by atoms with Crippen LogP contribution in [0.5, 0.6) is 5.75 Å². The van der Waals surface area contributed by atoms with Gasteiger partial charge in [-0.1, -0.05) is 18.2 Å². The minimum absolute atomic E-state index is 0.0587. The van der Waals surface area contributed by atoms with Gasteiger partial charge in [-0.2, -0.15) is 0 Å². The molecule has 0 atom stereocenters. The van der Waals surface area contributed by atoms with Crippen molar-refractivity contribution in [3.8, 4) is 5.75 Å². The van der Waals surface area contributed by atoms with Gasteiger partial charge in [0.25, 0.3) is 0 Å². The second-order valence-electron chi connectivity index (χ2n) is 3.29. The summed E-state index contributed by atoms with van der Waals surface area (Å²) in [6, 6.07) is 9.14. The second-order valence-corrected chi connectivity index (χ2v) is 3.29. The van der Waals surface area contributed by atoms with E-state index in [1.54, 1.807) is 12.1 Å². The van der Waals surface area contributed by atoms with Gasteiger partial charge >= 0.3 is 5.97 Å². The Morgan fingerprint density at radius 3 is 2.76 bits per heavy atom. The van der Waals surface area contributed by atoms with Crippen molar-refractivity contribution >= 4 is 5.97 Å². The third-order valence-corrected chi connectivity index (χ3v) is 2.14. The molecule has 17 heavy (non-hydrogen) atoms. The van der Waals surface area contributed by atoms with Crippen LogP contribution in [0.2, 0.25) is 0 Å². The number of carbonyl (C=O) groups is 1. The molecule has 1 heterocycles. The fourth-order valence-corrected chi connectivity index (χ4v) is 1.32. The molecule has 0 radical (unpaired) electrons. The van der Waals surface area contributed by atoms with Crippen LogP contribution in [-0.4, -0.2) is 21.0 Å². The topological polar surface area (TPSA) is 72.3 Å². The summed E-state index contributed by atoms with van der Waals surface area (Å²) in [5.74, 6) is -0.389. The van der Waals surface area contributed by atoms with Gasteiger partial charge in [0.1, 0.15) is 24.2 Å². The molecular weight excluding hydrogens is 220 g/mol. The van der Waals surface area contributed by atoms with Crippen molar-refractivity contribution in [2.45, 2.75) is 6.61 Å². The van der Waals surface area contributed by atoms with E-state index in [2.05, 4.69) is 9.97 Å². The maximum Gasteiger partial charge on any atom is 0.339 e. The molecule has 1 aromatic heterocycles. The Morgan fingerprint density at radius 2 is 2.06 bits per heavy atom. The third-order valence-electron chi connectivity index (χ3n) is 2.14. The van der Waals surface area contributed by atoms with Crippen molar-refractivity contribution in [3.05, 3.63) is 54.1 Å². The van der Waals surface area contributed by atoms with Crippen LogP contribution < -0.4 is 4.74 Å². The van der Waals surface area contributed by atoms with Crippen LogP contribution >= 0.6 is 0 Å². The van der Waals surface area contributed by atoms with Crippen molar-refractivity contribution in [2.24, 2.45) is 0 Å². The second kappa shape index (κ2) is 5.07. The normalized spacial score (nSPS) is 9.88. The summed E-state index contributed by atoms with van der Waals surface area (Å²) in [5, 5.41) is 8.93. The summed E-state index contributed by atoms with van der Waals surface area (Å²) in [4.78, 5) is 18.5. The van der Waals surface area contributed by atoms with Crippen molar-refractivity contribution in [1.82, 2.24) is 9.97 Å². The minimum Gasteiger partial charge on any atom is -0.487 e. The van der Waals surface area contributed by atoms with Crippen LogP contribution in [0.4, 0.5) is 0 Å². The van der Waals surface area contributed by atoms with E-state index >= 15 is 0 Å². The summed E-state index contributed by atoms with van der Waals surface area (Å²) in [6.45, 7) is 0.105. The van der Waals surface area contributed by atoms with Crippen LogP contribution in [0.3, 0.4) is 0 Å². The number of ether oxygens (including phenoxy) is 1. The lowest BCUT2D eigenvalue weighted by Crippen LogP contribution is -2.08. The largest absolute Gasteiger partial charge is 0.487 e. The smallest absolute Gasteiger partial charge is 0.339 e. The zero-order chi connectivity index (χ0) is 12.1. The number of aromatic nitrogens is 2. The number of hydrogen-bond acceptors (Lipinski definition) is 4. The standard InChI is InChI=1S/C12H10N2O3/c15-12(16)10-6-13-8-14-11(10)7-17-9-4-2-1-3-5-9/h1-6,8H,7H2,(H,15,16). The molecule has 0 spiro atoms. The monoisotopic (exact) mass is 230 g/mol. The molecule has 0 aliphatic heterocycles. The van der Waals surface area contributed by atoms with E-state index in [0.29, 0.717) is 11.4 Å². The highest BCUT2D eigenvalue weighted by molar-refractivity contribution is 5.88. The van der Waals surface area contributed by atoms with Gasteiger partial charge in [-0.15, -0.1) is 0 Å². The van der Waals surface area contributed by atoms with Crippen LogP contribution in [0, 0.1) is 0 Å². The zero-order valence-electron chi connectivity index (χ0n) is 8.91. The molecule has 1 N–H and O–H groups in total. The Labute approximate surface area is 97.7 Å². The Balaban J connectivity index is 2.12. The number of hydrogen-bond donors (Lipinski definition) is 1. The van der Waals surface area contributed by atoms with Gasteiger partial charge in [0.2, 0.25) is 0 Å². The van der Waals surface area contributed by atoms with Gasteiger partial charge in [0, 0.05) is 6.20 Å². The lowest BCUT2D eigenvalue weighted by atomic mass is 10.2. The minimum atomic E-state index is -1.06. The Morgan fingerprint density at radius 1 is 1.29 bits per heavy atom. The Hall–Kier alpha value is -2.43. The molecule has 2 rings (SSSR count). The number of carboxylic acid groups (broad SMARTS) is 1. The molecule has 5 heteroatoms. The summed E-state index contributed by atoms with van der Waals surface area (Å²) < 4.78 is 5.43. The van der Waals surface area contributed by atoms with Crippen molar-refractivity contribution in [1.29, 1.82) is 0 Å². The maximum atomic E-state index is 10.9. The maximum absolute atomic E-state index is 10.9. The average molecular weight is 230 g/mol. The van der Waals surface area contributed by atoms with Crippen LogP contribution in [-0.2, 0) is 6.61 Å². The van der Waals surface area contributed by atoms with Crippen molar-refractivity contribution < 1.29 is 14.6 Å². The third kappa shape index (κ3) is 2.78. The highest BCUT2D eigenvalue weighted by atomic mass is 16.5. The summed E-state index contributed by atoms with van der Waals surface area (Å²) >= 11 is 0. The molecule has 1 aromatic carbocycles. The molecule has 0 fully saturated rings. The van der Waals surface area contributed by atoms with E-state index in [9.17, 15) is 4.79 Å². The molecule has 0 bridgehead atoms. The van der Waals surface area contributed by atoms with Crippen molar-refractivity contribution in [2.75, 3.05) is 0 Å². The van der Waals surface area contributed by atoms with Gasteiger partial charge in [-0.3, -0.25) is 0 Å². The predicted molar refractivity (Wildman–Crippen MR) is 59.8 cm³/mol. The summed E-state index contributed by atoms with van der Waals surface area (Å²) in [5.41, 5.74) is 0.416. The molecule has 0 unspecified atom stereocenters. The van der Waals surface area contributed by atoms with E-state index in [-0.39, 0.29) is 12.2 Å². The fourth-order valence-electron chi connectivity index (χ4n) is 1.32. The van der Waals surface area contributed by atoms with Gasteiger partial charge in [0.15, 0.2) is 0 Å². The fraction of sp³-hybridized carbons (Fsp3) is 0.0833. The molecule has 0 aliphatic carbocycles. The van der Waals surface area contributed by atoms with Crippen LogP contribution in [0.1, 0.15) is 16.1 Å². The SMILES string of the molecule is O=C(O)c1cncnc1COc1ccccc1. The summed E-state index contributed by atoms with van der Waals surface area (Å²) in [7, 11) is 0. The zero-order valence-corrected chi connectivity index (χ0v) is 8.91. The highest BCUT2D eigenvalue weighted by Crippen LogP contribution is 2.12. The molecule has 86 valence electrons. The Bertz CT molecular complexity index is 514. The predicted octanol–water partition coefficient (Wildman–Crippen LogP) is 1.75. The molecule has 0 saturated heterocycles. The van der Waals surface area contributed by atoms with Crippen LogP contribution in [0.25, 0.3) is 0 Å². The first kappa shape index (κ1) is 11.1. The summed E-state index contributed by atoms with van der Waals surface area (Å²) in [6.07, 6.45) is 2.56. The highest BCUT2D eigenvalue weighted by Gasteiger charge is 2.11. The average Bonchev–Trinajstić information content (AvgIpc) is 2.38. The number of benzene rings is 1. The van der Waals surface area contributed by atoms with E-state index < -0.39 is 5.97 Å². The molecular formula is C12H10N2O3. The number of carboxylic acids is 1. The first-order chi connectivity index (χ1) is 8.27. The number of aromatic carboxylic acids is 1. The van der Waals surface area contributed by atoms with Crippen molar-refractivity contribution in [3.63, 3.8) is 0 Å². The van der Waals surface area contributed by atoms with E-state index in [1.165, 1.54) is 12.5 Å². The number of para-hydroxylation sites is 1. The van der Waals surface area contributed by atoms with Gasteiger partial charge < -0.3 is 9.84 Å². The molecule has 2 aromatic rings. The lowest BCUT2D eigenvalue weighted by molar-refractivity contribution is 0.0692. The first-order valence-electron chi connectivity index (χ1n) is 4.97. The van der Waals surface area contributed by atoms with E-state index in [0.717, 1.165) is 0 Å². The van der Waals surface area contributed by atoms with E-state index in [1.807, 2.05) is 18.2 Å². The Kier molecular flexibility index (Phi) is 3.30. The van der Waals surface area contributed by atoms with E-state index in [4.69, 9.17) is 9.84 Å². The number of nitrogens with zero attached hydrogens (tertiary/aromatic N) is 2. The quantitative estimate of drug-likeness (QED) is 0.866. The van der Waals surface area contributed by atoms with Gasteiger partial charge in [0.05, 0.1) is 5.69 Å². The number of rotatable bonds is 4. The molecule has 0 amide bonds. The van der Waals surface area contributed by atoms with Crippen LogP contribution in [0.15, 0.2) is 42.9 Å². The van der Waals surface area contributed by atoms with Gasteiger partial charge in [-0.25, -0.2) is 14.8 Å².